The van der Waals surface area contributed by atoms with Crippen LogP contribution in [0.2, 0.25) is 0 Å². The molecule has 0 aromatic heterocycles. The van der Waals surface area contributed by atoms with E-state index in [0.717, 1.165) is 0 Å². The minimum atomic E-state index is -3.66. The van der Waals surface area contributed by atoms with Crippen molar-refractivity contribution < 1.29 is 13.3 Å². The second-order valence-corrected chi connectivity index (χ2v) is 7.41. The van der Waals surface area contributed by atoms with Gasteiger partial charge >= 0.3 is 0 Å². The molecule has 21 heavy (non-hydrogen) atoms. The molecule has 0 spiro atoms. The fourth-order valence-corrected chi connectivity index (χ4v) is 3.51. The Kier molecular flexibility index (Phi) is 4.54. The Labute approximate surface area is 130 Å². The molecule has 0 bridgehead atoms. The van der Waals surface area contributed by atoms with Gasteiger partial charge in [-0.25, -0.2) is 8.42 Å². The maximum absolute atomic E-state index is 12.3. The zero-order valence-corrected chi connectivity index (χ0v) is 13.0. The number of sulfone groups is 1. The highest BCUT2D eigenvalue weighted by Crippen LogP contribution is 2.26. The van der Waals surface area contributed by atoms with Gasteiger partial charge < -0.3 is 0 Å². The van der Waals surface area contributed by atoms with E-state index in [9.17, 15) is 18.5 Å². The molecule has 0 saturated heterocycles. The van der Waals surface area contributed by atoms with Gasteiger partial charge in [-0.05, 0) is 39.7 Å². The molecular formula is C14H10BrNO4S. The fraction of sp³-hybridized carbons (Fsp3) is 0. The molecule has 0 aliphatic heterocycles. The molecule has 0 N–H and O–H groups in total. The molecule has 5 nitrogen and oxygen atoms in total. The zero-order chi connectivity index (χ0) is 15.5. The molecule has 0 saturated carbocycles. The van der Waals surface area contributed by atoms with Crippen LogP contribution in [0.4, 0.5) is 5.69 Å². The lowest BCUT2D eigenvalue weighted by atomic mass is 10.2. The first-order chi connectivity index (χ1) is 9.91. The van der Waals surface area contributed by atoms with Crippen LogP contribution in [0.5, 0.6) is 0 Å². The molecule has 0 heterocycles. The van der Waals surface area contributed by atoms with E-state index in [4.69, 9.17) is 0 Å². The SMILES string of the molecule is O=[N+]([O-])c1cccc(/C=C(\Br)S(=O)(=O)c2ccccc2)c1. The number of benzene rings is 2. The summed E-state index contributed by atoms with van der Waals surface area (Å²) in [5, 5.41) is 10.7. The highest BCUT2D eigenvalue weighted by atomic mass is 79.9. The minimum Gasteiger partial charge on any atom is -0.258 e. The standard InChI is InChI=1S/C14H10BrNO4S/c15-14(21(19,20)13-7-2-1-3-8-13)10-11-5-4-6-12(9-11)16(17)18/h1-10H/b14-10+. The third kappa shape index (κ3) is 3.56. The summed E-state index contributed by atoms with van der Waals surface area (Å²) in [5.74, 6) is 0. The topological polar surface area (TPSA) is 77.3 Å². The van der Waals surface area contributed by atoms with Gasteiger partial charge in [0.15, 0.2) is 0 Å². The quantitative estimate of drug-likeness (QED) is 0.608. The number of non-ortho nitro benzene ring substituents is 1. The van der Waals surface area contributed by atoms with Crippen molar-refractivity contribution in [1.82, 2.24) is 0 Å². The van der Waals surface area contributed by atoms with E-state index in [-0.39, 0.29) is 14.4 Å². The summed E-state index contributed by atoms with van der Waals surface area (Å²) in [5.41, 5.74) is 0.330. The van der Waals surface area contributed by atoms with E-state index in [1.165, 1.54) is 36.4 Å². The van der Waals surface area contributed by atoms with Crippen LogP contribution in [0.3, 0.4) is 0 Å². The van der Waals surface area contributed by atoms with Crippen molar-refractivity contribution in [2.24, 2.45) is 0 Å². The Hall–Kier alpha value is -1.99. The Morgan fingerprint density at radius 2 is 1.76 bits per heavy atom. The van der Waals surface area contributed by atoms with Crippen molar-refractivity contribution in [3.8, 4) is 0 Å². The van der Waals surface area contributed by atoms with Crippen molar-refractivity contribution in [3.05, 3.63) is 74.1 Å². The lowest BCUT2D eigenvalue weighted by Crippen LogP contribution is -2.00. The van der Waals surface area contributed by atoms with Gasteiger partial charge in [-0.1, -0.05) is 30.3 Å². The van der Waals surface area contributed by atoms with Gasteiger partial charge in [0.2, 0.25) is 9.84 Å². The molecule has 2 rings (SSSR count). The van der Waals surface area contributed by atoms with E-state index >= 15 is 0 Å². The number of rotatable bonds is 4. The summed E-state index contributed by atoms with van der Waals surface area (Å²) in [6.07, 6.45) is 1.34. The lowest BCUT2D eigenvalue weighted by molar-refractivity contribution is -0.384. The second kappa shape index (κ2) is 6.19. The van der Waals surface area contributed by atoms with E-state index in [1.807, 2.05) is 0 Å². The summed E-state index contributed by atoms with van der Waals surface area (Å²) in [4.78, 5) is 10.3. The molecule has 0 atom stereocenters. The first kappa shape index (κ1) is 15.4. The maximum atomic E-state index is 12.3. The first-order valence-corrected chi connectivity index (χ1v) is 8.10. The number of nitro groups is 1. The summed E-state index contributed by atoms with van der Waals surface area (Å²) in [6, 6.07) is 13.7. The van der Waals surface area contributed by atoms with E-state index < -0.39 is 14.8 Å². The van der Waals surface area contributed by atoms with E-state index in [0.29, 0.717) is 5.56 Å². The lowest BCUT2D eigenvalue weighted by Gasteiger charge is -2.03. The largest absolute Gasteiger partial charge is 0.270 e. The minimum absolute atomic E-state index is 0.0540. The van der Waals surface area contributed by atoms with Crippen LogP contribution in [0.25, 0.3) is 6.08 Å². The monoisotopic (exact) mass is 367 g/mol. The predicted molar refractivity (Wildman–Crippen MR) is 83.6 cm³/mol. The van der Waals surface area contributed by atoms with Crippen LogP contribution in [0.1, 0.15) is 5.56 Å². The Bertz CT molecular complexity index is 801. The van der Waals surface area contributed by atoms with Crippen molar-refractivity contribution in [3.63, 3.8) is 0 Å². The normalized spacial score (nSPS) is 12.1. The second-order valence-electron chi connectivity index (χ2n) is 4.12. The number of hydrogen-bond acceptors (Lipinski definition) is 4. The van der Waals surface area contributed by atoms with Crippen LogP contribution >= 0.6 is 15.9 Å². The third-order valence-electron chi connectivity index (χ3n) is 2.67. The van der Waals surface area contributed by atoms with Gasteiger partial charge in [0.1, 0.15) is 3.81 Å². The predicted octanol–water partition coefficient (Wildman–Crippen LogP) is 3.76. The van der Waals surface area contributed by atoms with Crippen molar-refractivity contribution in [2.45, 2.75) is 4.90 Å². The summed E-state index contributed by atoms with van der Waals surface area (Å²) < 4.78 is 24.6. The smallest absolute Gasteiger partial charge is 0.258 e. The van der Waals surface area contributed by atoms with Crippen LogP contribution in [-0.4, -0.2) is 13.3 Å². The van der Waals surface area contributed by atoms with Gasteiger partial charge in [-0.15, -0.1) is 0 Å². The van der Waals surface area contributed by atoms with Gasteiger partial charge in [0, 0.05) is 12.1 Å². The third-order valence-corrected chi connectivity index (χ3v) is 5.70. The first-order valence-electron chi connectivity index (χ1n) is 5.83. The molecule has 7 heteroatoms. The average molecular weight is 368 g/mol. The van der Waals surface area contributed by atoms with Gasteiger partial charge in [-0.3, -0.25) is 10.1 Å². The molecule has 2 aromatic carbocycles. The molecule has 0 aliphatic rings. The fourth-order valence-electron chi connectivity index (χ4n) is 1.65. The molecule has 0 amide bonds. The van der Waals surface area contributed by atoms with Crippen molar-refractivity contribution >= 4 is 37.5 Å². The molecule has 108 valence electrons. The zero-order valence-electron chi connectivity index (χ0n) is 10.6. The Morgan fingerprint density at radius 3 is 2.38 bits per heavy atom. The number of nitro benzene ring substituents is 1. The summed E-state index contributed by atoms with van der Waals surface area (Å²) >= 11 is 3.04. The summed E-state index contributed by atoms with van der Waals surface area (Å²) in [6.45, 7) is 0. The maximum Gasteiger partial charge on any atom is 0.270 e. The van der Waals surface area contributed by atoms with Gasteiger partial charge in [-0.2, -0.15) is 0 Å². The Balaban J connectivity index is 2.42. The summed E-state index contributed by atoms with van der Waals surface area (Å²) in [7, 11) is -3.66. The molecule has 0 radical (unpaired) electrons. The molecule has 0 unspecified atom stereocenters. The van der Waals surface area contributed by atoms with Crippen LogP contribution in [-0.2, 0) is 9.84 Å². The molecular weight excluding hydrogens is 358 g/mol. The average Bonchev–Trinajstić information content (AvgIpc) is 2.48. The van der Waals surface area contributed by atoms with Gasteiger partial charge in [0.25, 0.3) is 5.69 Å². The highest BCUT2D eigenvalue weighted by Gasteiger charge is 2.18. The highest BCUT2D eigenvalue weighted by molar-refractivity contribution is 9.13. The van der Waals surface area contributed by atoms with Crippen LogP contribution in [0, 0.1) is 10.1 Å². The molecule has 0 fully saturated rings. The number of halogens is 1. The molecule has 0 aliphatic carbocycles. The van der Waals surface area contributed by atoms with Crippen molar-refractivity contribution in [1.29, 1.82) is 0 Å². The number of hydrogen-bond donors (Lipinski definition) is 0. The molecule has 2 aromatic rings. The van der Waals surface area contributed by atoms with E-state index in [1.54, 1.807) is 24.3 Å². The van der Waals surface area contributed by atoms with Crippen LogP contribution < -0.4 is 0 Å². The van der Waals surface area contributed by atoms with Crippen molar-refractivity contribution in [2.75, 3.05) is 0 Å². The number of nitrogens with zero attached hydrogens (tertiary/aromatic N) is 1. The Morgan fingerprint density at radius 1 is 1.10 bits per heavy atom. The van der Waals surface area contributed by atoms with Crippen LogP contribution in [0.15, 0.2) is 63.3 Å². The van der Waals surface area contributed by atoms with E-state index in [2.05, 4.69) is 15.9 Å². The van der Waals surface area contributed by atoms with Gasteiger partial charge in [0.05, 0.1) is 9.82 Å².